The molecule has 96 valence electrons. The van der Waals surface area contributed by atoms with Gasteiger partial charge in [-0.1, -0.05) is 34.1 Å². The van der Waals surface area contributed by atoms with Crippen LogP contribution in [0.4, 0.5) is 0 Å². The zero-order valence-corrected chi connectivity index (χ0v) is 11.4. The van der Waals surface area contributed by atoms with E-state index in [0.29, 0.717) is 12.6 Å². The second kappa shape index (κ2) is 6.02. The highest BCUT2D eigenvalue weighted by Crippen LogP contribution is 2.29. The first-order chi connectivity index (χ1) is 7.44. The average Bonchev–Trinajstić information content (AvgIpc) is 2.19. The molecule has 0 aromatic heterocycles. The van der Waals surface area contributed by atoms with E-state index in [4.69, 9.17) is 5.11 Å². The van der Waals surface area contributed by atoms with Gasteiger partial charge in [0.1, 0.15) is 0 Å². The third kappa shape index (κ3) is 4.42. The number of aliphatic hydroxyl groups is 1. The second-order valence-corrected chi connectivity index (χ2v) is 6.52. The first-order valence-electron chi connectivity index (χ1n) is 6.79. The van der Waals surface area contributed by atoms with Crippen LogP contribution in [0.5, 0.6) is 0 Å². The Labute approximate surface area is 101 Å². The number of hydrogen-bond donors (Lipinski definition) is 2. The molecule has 0 saturated heterocycles. The fourth-order valence-electron chi connectivity index (χ4n) is 2.62. The molecule has 0 radical (unpaired) electrons. The molecule has 2 N–H and O–H groups in total. The molecule has 1 rings (SSSR count). The van der Waals surface area contributed by atoms with E-state index in [1.807, 2.05) is 0 Å². The van der Waals surface area contributed by atoms with Gasteiger partial charge in [-0.15, -0.1) is 0 Å². The molecule has 0 spiro atoms. The van der Waals surface area contributed by atoms with Crippen molar-refractivity contribution < 1.29 is 5.11 Å². The molecule has 1 fully saturated rings. The predicted octanol–water partition coefficient (Wildman–Crippen LogP) is 2.81. The van der Waals surface area contributed by atoms with Crippen molar-refractivity contribution in [1.29, 1.82) is 0 Å². The first-order valence-corrected chi connectivity index (χ1v) is 6.79. The van der Waals surface area contributed by atoms with E-state index >= 15 is 0 Å². The highest BCUT2D eigenvalue weighted by molar-refractivity contribution is 4.83. The summed E-state index contributed by atoms with van der Waals surface area (Å²) < 4.78 is 0. The Morgan fingerprint density at radius 2 is 1.94 bits per heavy atom. The van der Waals surface area contributed by atoms with Crippen molar-refractivity contribution in [1.82, 2.24) is 5.32 Å². The molecule has 0 amide bonds. The third-order valence-electron chi connectivity index (χ3n) is 4.09. The standard InChI is InChI=1S/C14H29NO/c1-11-5-6-12(2)13(9-11)15-10-14(3,4)7-8-16/h11-13,15-16H,5-10H2,1-4H3. The van der Waals surface area contributed by atoms with Crippen LogP contribution in [-0.4, -0.2) is 24.3 Å². The van der Waals surface area contributed by atoms with Crippen molar-refractivity contribution in [3.05, 3.63) is 0 Å². The van der Waals surface area contributed by atoms with Crippen LogP contribution < -0.4 is 5.32 Å². The largest absolute Gasteiger partial charge is 0.396 e. The lowest BCUT2D eigenvalue weighted by atomic mass is 9.79. The Kier molecular flexibility index (Phi) is 5.26. The minimum Gasteiger partial charge on any atom is -0.396 e. The van der Waals surface area contributed by atoms with Gasteiger partial charge in [-0.3, -0.25) is 0 Å². The Bertz CT molecular complexity index is 203. The number of nitrogens with one attached hydrogen (secondary N) is 1. The molecule has 1 aliphatic carbocycles. The fraction of sp³-hybridized carbons (Fsp3) is 1.00. The van der Waals surface area contributed by atoms with Crippen molar-refractivity contribution in [3.8, 4) is 0 Å². The van der Waals surface area contributed by atoms with Crippen LogP contribution in [0, 0.1) is 17.3 Å². The van der Waals surface area contributed by atoms with E-state index in [0.717, 1.165) is 24.8 Å². The SMILES string of the molecule is CC1CCC(C)C(NCC(C)(C)CCO)C1. The van der Waals surface area contributed by atoms with Crippen LogP contribution in [0.2, 0.25) is 0 Å². The molecular formula is C14H29NO. The highest BCUT2D eigenvalue weighted by atomic mass is 16.3. The Balaban J connectivity index is 2.35. The average molecular weight is 227 g/mol. The molecule has 1 saturated carbocycles. The molecule has 16 heavy (non-hydrogen) atoms. The van der Waals surface area contributed by atoms with E-state index in [2.05, 4.69) is 33.0 Å². The summed E-state index contributed by atoms with van der Waals surface area (Å²) in [7, 11) is 0. The Morgan fingerprint density at radius 1 is 1.25 bits per heavy atom. The molecule has 2 nitrogen and oxygen atoms in total. The van der Waals surface area contributed by atoms with Gasteiger partial charge in [-0.2, -0.15) is 0 Å². The number of aliphatic hydroxyl groups excluding tert-OH is 1. The lowest BCUT2D eigenvalue weighted by Gasteiger charge is -2.36. The monoisotopic (exact) mass is 227 g/mol. The minimum atomic E-state index is 0.217. The summed E-state index contributed by atoms with van der Waals surface area (Å²) in [6, 6.07) is 0.682. The van der Waals surface area contributed by atoms with E-state index in [9.17, 15) is 0 Å². The molecule has 0 aliphatic heterocycles. The van der Waals surface area contributed by atoms with Gasteiger partial charge in [-0.25, -0.2) is 0 Å². The quantitative estimate of drug-likeness (QED) is 0.757. The number of rotatable bonds is 5. The maximum absolute atomic E-state index is 9.01. The fourth-order valence-corrected chi connectivity index (χ4v) is 2.62. The normalized spacial score (nSPS) is 31.7. The van der Waals surface area contributed by atoms with E-state index in [1.54, 1.807) is 0 Å². The summed E-state index contributed by atoms with van der Waals surface area (Å²) in [4.78, 5) is 0. The molecule has 3 atom stereocenters. The van der Waals surface area contributed by atoms with Gasteiger partial charge in [-0.05, 0) is 36.5 Å². The molecule has 2 heteroatoms. The Morgan fingerprint density at radius 3 is 2.56 bits per heavy atom. The topological polar surface area (TPSA) is 32.3 Å². The van der Waals surface area contributed by atoms with Crippen molar-refractivity contribution >= 4 is 0 Å². The summed E-state index contributed by atoms with van der Waals surface area (Å²) in [6.07, 6.45) is 4.95. The molecule has 0 aromatic carbocycles. The molecule has 0 bridgehead atoms. The summed E-state index contributed by atoms with van der Waals surface area (Å²) >= 11 is 0. The van der Waals surface area contributed by atoms with Gasteiger partial charge in [0.05, 0.1) is 0 Å². The zero-order valence-electron chi connectivity index (χ0n) is 11.4. The van der Waals surface area contributed by atoms with Crippen LogP contribution >= 0.6 is 0 Å². The smallest absolute Gasteiger partial charge is 0.0436 e. The molecular weight excluding hydrogens is 198 g/mol. The van der Waals surface area contributed by atoms with Crippen molar-refractivity contribution in [3.63, 3.8) is 0 Å². The maximum Gasteiger partial charge on any atom is 0.0436 e. The van der Waals surface area contributed by atoms with Crippen LogP contribution in [0.25, 0.3) is 0 Å². The summed E-state index contributed by atoms with van der Waals surface area (Å²) in [5.74, 6) is 1.68. The molecule has 1 aliphatic rings. The molecule has 3 unspecified atom stereocenters. The summed E-state index contributed by atoms with van der Waals surface area (Å²) in [5.41, 5.74) is 0.217. The van der Waals surface area contributed by atoms with Crippen LogP contribution in [0.3, 0.4) is 0 Å². The van der Waals surface area contributed by atoms with Crippen LogP contribution in [0.1, 0.15) is 53.4 Å². The van der Waals surface area contributed by atoms with E-state index in [-0.39, 0.29) is 5.41 Å². The highest BCUT2D eigenvalue weighted by Gasteiger charge is 2.27. The molecule has 0 aromatic rings. The maximum atomic E-state index is 9.01. The lowest BCUT2D eigenvalue weighted by Crippen LogP contribution is -2.43. The lowest BCUT2D eigenvalue weighted by molar-refractivity contribution is 0.175. The van der Waals surface area contributed by atoms with Gasteiger partial charge in [0.15, 0.2) is 0 Å². The van der Waals surface area contributed by atoms with Gasteiger partial charge in [0.2, 0.25) is 0 Å². The van der Waals surface area contributed by atoms with Crippen LogP contribution in [0.15, 0.2) is 0 Å². The second-order valence-electron chi connectivity index (χ2n) is 6.52. The van der Waals surface area contributed by atoms with Gasteiger partial charge in [0.25, 0.3) is 0 Å². The van der Waals surface area contributed by atoms with Gasteiger partial charge < -0.3 is 10.4 Å². The van der Waals surface area contributed by atoms with E-state index < -0.39 is 0 Å². The first kappa shape index (κ1) is 14.0. The van der Waals surface area contributed by atoms with Crippen LogP contribution in [-0.2, 0) is 0 Å². The van der Waals surface area contributed by atoms with Crippen molar-refractivity contribution in [2.45, 2.75) is 59.4 Å². The van der Waals surface area contributed by atoms with E-state index in [1.165, 1.54) is 19.3 Å². The van der Waals surface area contributed by atoms with Gasteiger partial charge >= 0.3 is 0 Å². The Hall–Kier alpha value is -0.0800. The minimum absolute atomic E-state index is 0.217. The van der Waals surface area contributed by atoms with Crippen molar-refractivity contribution in [2.75, 3.05) is 13.2 Å². The summed E-state index contributed by atoms with van der Waals surface area (Å²) in [5, 5.41) is 12.7. The predicted molar refractivity (Wildman–Crippen MR) is 69.5 cm³/mol. The van der Waals surface area contributed by atoms with Crippen molar-refractivity contribution in [2.24, 2.45) is 17.3 Å². The molecule has 0 heterocycles. The number of hydrogen-bond acceptors (Lipinski definition) is 2. The summed E-state index contributed by atoms with van der Waals surface area (Å²) in [6.45, 7) is 10.5. The zero-order chi connectivity index (χ0) is 12.2. The third-order valence-corrected chi connectivity index (χ3v) is 4.09. The van der Waals surface area contributed by atoms with Gasteiger partial charge in [0, 0.05) is 19.2 Å².